The molecular formula is C20H17N3O. The molecule has 0 amide bonds. The van der Waals surface area contributed by atoms with Gasteiger partial charge in [0.25, 0.3) is 5.56 Å². The SMILES string of the molecule is O=c1[nH][nH]c(CCc2ccccc2)c1C=C1C=Nc2ccccc21. The predicted molar refractivity (Wildman–Crippen MR) is 97.7 cm³/mol. The summed E-state index contributed by atoms with van der Waals surface area (Å²) in [6, 6.07) is 18.2. The molecule has 2 N–H and O–H groups in total. The van der Waals surface area contributed by atoms with Gasteiger partial charge in [-0.25, -0.2) is 0 Å². The van der Waals surface area contributed by atoms with Crippen molar-refractivity contribution in [3.05, 3.63) is 87.3 Å². The highest BCUT2D eigenvalue weighted by Crippen LogP contribution is 2.32. The summed E-state index contributed by atoms with van der Waals surface area (Å²) in [5.41, 5.74) is 5.75. The molecule has 2 aromatic carbocycles. The number of fused-ring (bicyclic) bond motifs is 1. The molecule has 0 saturated carbocycles. The lowest BCUT2D eigenvalue weighted by Gasteiger charge is -2.02. The molecule has 0 saturated heterocycles. The second-order valence-electron chi connectivity index (χ2n) is 5.83. The summed E-state index contributed by atoms with van der Waals surface area (Å²) in [6.07, 6.45) is 5.40. The van der Waals surface area contributed by atoms with Crippen LogP contribution in [0, 0.1) is 0 Å². The van der Waals surface area contributed by atoms with Crippen LogP contribution in [0.3, 0.4) is 0 Å². The van der Waals surface area contributed by atoms with Crippen LogP contribution >= 0.6 is 0 Å². The molecule has 4 nitrogen and oxygen atoms in total. The Hall–Kier alpha value is -3.14. The van der Waals surface area contributed by atoms with Crippen molar-refractivity contribution in [3.63, 3.8) is 0 Å². The number of nitrogens with zero attached hydrogens (tertiary/aromatic N) is 1. The number of aliphatic imine (C=N–C) groups is 1. The Morgan fingerprint density at radius 3 is 2.58 bits per heavy atom. The number of aromatic nitrogens is 2. The summed E-state index contributed by atoms with van der Waals surface area (Å²) in [5, 5.41) is 5.72. The molecule has 4 rings (SSSR count). The Morgan fingerprint density at radius 1 is 0.917 bits per heavy atom. The van der Waals surface area contributed by atoms with E-state index in [2.05, 4.69) is 27.3 Å². The number of allylic oxidation sites excluding steroid dienone is 1. The molecular weight excluding hydrogens is 298 g/mol. The third-order valence-corrected chi connectivity index (χ3v) is 4.26. The fourth-order valence-electron chi connectivity index (χ4n) is 2.98. The van der Waals surface area contributed by atoms with E-state index >= 15 is 0 Å². The fourth-order valence-corrected chi connectivity index (χ4v) is 2.98. The number of aryl methyl sites for hydroxylation is 2. The van der Waals surface area contributed by atoms with Crippen LogP contribution in [0.4, 0.5) is 5.69 Å². The van der Waals surface area contributed by atoms with E-state index in [9.17, 15) is 4.79 Å². The van der Waals surface area contributed by atoms with Gasteiger partial charge < -0.3 is 5.10 Å². The van der Waals surface area contributed by atoms with Crippen LogP contribution in [0.2, 0.25) is 0 Å². The predicted octanol–water partition coefficient (Wildman–Crippen LogP) is 3.74. The van der Waals surface area contributed by atoms with Gasteiger partial charge in [0.1, 0.15) is 0 Å². The van der Waals surface area contributed by atoms with E-state index in [1.807, 2.05) is 54.8 Å². The summed E-state index contributed by atoms with van der Waals surface area (Å²) in [5.74, 6) is 0. The third kappa shape index (κ3) is 2.74. The molecule has 0 aliphatic carbocycles. The molecule has 118 valence electrons. The van der Waals surface area contributed by atoms with Crippen molar-refractivity contribution in [2.45, 2.75) is 12.8 Å². The smallest absolute Gasteiger partial charge is 0.271 e. The molecule has 0 unspecified atom stereocenters. The van der Waals surface area contributed by atoms with E-state index in [1.165, 1.54) is 5.56 Å². The van der Waals surface area contributed by atoms with Crippen molar-refractivity contribution in [2.24, 2.45) is 4.99 Å². The van der Waals surface area contributed by atoms with Crippen LogP contribution < -0.4 is 5.56 Å². The van der Waals surface area contributed by atoms with Gasteiger partial charge in [-0.2, -0.15) is 0 Å². The lowest BCUT2D eigenvalue weighted by Crippen LogP contribution is -2.03. The van der Waals surface area contributed by atoms with E-state index in [-0.39, 0.29) is 5.56 Å². The molecule has 1 aliphatic rings. The highest BCUT2D eigenvalue weighted by Gasteiger charge is 2.14. The normalized spacial score (nSPS) is 14.2. The molecule has 4 heteroatoms. The van der Waals surface area contributed by atoms with Gasteiger partial charge in [0.05, 0.1) is 11.3 Å². The van der Waals surface area contributed by atoms with Crippen molar-refractivity contribution in [1.29, 1.82) is 0 Å². The van der Waals surface area contributed by atoms with Crippen molar-refractivity contribution < 1.29 is 0 Å². The maximum Gasteiger partial charge on any atom is 0.271 e. The second-order valence-corrected chi connectivity index (χ2v) is 5.83. The van der Waals surface area contributed by atoms with E-state index in [1.54, 1.807) is 0 Å². The lowest BCUT2D eigenvalue weighted by molar-refractivity contribution is 0.889. The van der Waals surface area contributed by atoms with Gasteiger partial charge in [-0.05, 0) is 30.5 Å². The Labute approximate surface area is 139 Å². The van der Waals surface area contributed by atoms with Crippen LogP contribution in [-0.4, -0.2) is 16.4 Å². The monoisotopic (exact) mass is 315 g/mol. The van der Waals surface area contributed by atoms with E-state index in [0.29, 0.717) is 5.56 Å². The molecule has 1 aromatic heterocycles. The number of hydrogen-bond acceptors (Lipinski definition) is 2. The molecule has 0 spiro atoms. The first-order chi connectivity index (χ1) is 11.8. The second kappa shape index (κ2) is 6.16. The van der Waals surface area contributed by atoms with Crippen molar-refractivity contribution in [3.8, 4) is 0 Å². The summed E-state index contributed by atoms with van der Waals surface area (Å²) in [7, 11) is 0. The Kier molecular flexibility index (Phi) is 3.71. The van der Waals surface area contributed by atoms with Crippen LogP contribution in [-0.2, 0) is 12.8 Å². The first kappa shape index (κ1) is 14.5. The minimum Gasteiger partial charge on any atom is -0.302 e. The van der Waals surface area contributed by atoms with E-state index < -0.39 is 0 Å². The number of rotatable bonds is 4. The van der Waals surface area contributed by atoms with Gasteiger partial charge in [0.2, 0.25) is 0 Å². The molecule has 0 fully saturated rings. The largest absolute Gasteiger partial charge is 0.302 e. The highest BCUT2D eigenvalue weighted by atomic mass is 16.1. The topological polar surface area (TPSA) is 61.0 Å². The number of H-pyrrole nitrogens is 2. The standard InChI is InChI=1S/C20H17N3O/c24-20-17(12-15-13-21-18-9-5-4-8-16(15)18)19(22-23-20)11-10-14-6-2-1-3-7-14/h1-9,12-13H,10-11H2,(H2,22,23,24). The summed E-state index contributed by atoms with van der Waals surface area (Å²) in [6.45, 7) is 0. The summed E-state index contributed by atoms with van der Waals surface area (Å²) >= 11 is 0. The molecule has 0 bridgehead atoms. The first-order valence-corrected chi connectivity index (χ1v) is 8.00. The fraction of sp³-hybridized carbons (Fsp3) is 0.100. The zero-order valence-corrected chi connectivity index (χ0v) is 13.1. The Bertz CT molecular complexity index is 977. The van der Waals surface area contributed by atoms with Crippen LogP contribution in [0.5, 0.6) is 0 Å². The van der Waals surface area contributed by atoms with Crippen molar-refractivity contribution in [1.82, 2.24) is 10.2 Å². The number of aromatic amines is 2. The maximum absolute atomic E-state index is 12.2. The molecule has 0 radical (unpaired) electrons. The quantitative estimate of drug-likeness (QED) is 0.757. The van der Waals surface area contributed by atoms with E-state index in [4.69, 9.17) is 0 Å². The molecule has 1 aliphatic heterocycles. The van der Waals surface area contributed by atoms with Gasteiger partial charge in [-0.3, -0.25) is 14.9 Å². The third-order valence-electron chi connectivity index (χ3n) is 4.26. The van der Waals surface area contributed by atoms with Crippen LogP contribution in [0.1, 0.15) is 22.4 Å². The zero-order chi connectivity index (χ0) is 16.4. The van der Waals surface area contributed by atoms with Gasteiger partial charge in [-0.15, -0.1) is 0 Å². The number of nitrogens with one attached hydrogen (secondary N) is 2. The molecule has 0 atom stereocenters. The van der Waals surface area contributed by atoms with Crippen molar-refractivity contribution in [2.75, 3.05) is 0 Å². The van der Waals surface area contributed by atoms with Crippen molar-refractivity contribution >= 4 is 23.6 Å². The van der Waals surface area contributed by atoms with E-state index in [0.717, 1.165) is 35.4 Å². The summed E-state index contributed by atoms with van der Waals surface area (Å²) in [4.78, 5) is 16.6. The van der Waals surface area contributed by atoms with Gasteiger partial charge >= 0.3 is 0 Å². The molecule has 24 heavy (non-hydrogen) atoms. The Morgan fingerprint density at radius 2 is 1.71 bits per heavy atom. The van der Waals surface area contributed by atoms with Gasteiger partial charge in [0, 0.05) is 23.0 Å². The molecule has 3 aromatic rings. The zero-order valence-electron chi connectivity index (χ0n) is 13.1. The average Bonchev–Trinajstić information content (AvgIpc) is 3.19. The summed E-state index contributed by atoms with van der Waals surface area (Å²) < 4.78 is 0. The van der Waals surface area contributed by atoms with Gasteiger partial charge in [0.15, 0.2) is 0 Å². The number of hydrogen-bond donors (Lipinski definition) is 2. The minimum atomic E-state index is -0.0941. The van der Waals surface area contributed by atoms with Crippen LogP contribution in [0.25, 0.3) is 11.6 Å². The molecule has 2 heterocycles. The number of para-hydroxylation sites is 1. The maximum atomic E-state index is 12.2. The average molecular weight is 315 g/mol. The minimum absolute atomic E-state index is 0.0941. The lowest BCUT2D eigenvalue weighted by atomic mass is 10.0. The van der Waals surface area contributed by atoms with Gasteiger partial charge in [-0.1, -0.05) is 48.5 Å². The Balaban J connectivity index is 1.63. The van der Waals surface area contributed by atoms with Crippen LogP contribution in [0.15, 0.2) is 64.4 Å². The highest BCUT2D eigenvalue weighted by molar-refractivity contribution is 6.21. The number of benzene rings is 2. The first-order valence-electron chi connectivity index (χ1n) is 8.00.